The molecule has 0 spiro atoms. The maximum atomic E-state index is 14.3. The highest BCUT2D eigenvalue weighted by Gasteiger charge is 2.22. The Morgan fingerprint density at radius 3 is 2.78 bits per heavy atom. The van der Waals surface area contributed by atoms with Crippen molar-refractivity contribution < 1.29 is 9.18 Å². The quantitative estimate of drug-likeness (QED) is 0.887. The number of hydrogen-bond acceptors (Lipinski definition) is 4. The second-order valence-electron chi connectivity index (χ2n) is 5.27. The molecule has 0 radical (unpaired) electrons. The van der Waals surface area contributed by atoms with Crippen molar-refractivity contribution in [1.29, 1.82) is 0 Å². The third kappa shape index (κ3) is 3.85. The van der Waals surface area contributed by atoms with Gasteiger partial charge < -0.3 is 5.32 Å². The van der Waals surface area contributed by atoms with Crippen LogP contribution in [0, 0.1) is 19.7 Å². The van der Waals surface area contributed by atoms with Crippen LogP contribution in [0.4, 0.5) is 10.1 Å². The molecule has 1 aliphatic heterocycles. The highest BCUT2D eigenvalue weighted by molar-refractivity contribution is 7.99. The number of nitrogens with zero attached hydrogens (tertiary/aromatic N) is 2. The zero-order valence-electron chi connectivity index (χ0n) is 12.8. The van der Waals surface area contributed by atoms with Gasteiger partial charge in [0.1, 0.15) is 5.69 Å². The smallest absolute Gasteiger partial charge is 0.242 e. The zero-order chi connectivity index (χ0) is 15.7. The summed E-state index contributed by atoms with van der Waals surface area (Å²) in [5.41, 5.74) is 2.52. The molecule has 2 heterocycles. The molecule has 1 aromatic heterocycles. The molecule has 1 aromatic carbocycles. The number of carbonyl (C=O) groups excluding carboxylic acids is 1. The lowest BCUT2D eigenvalue weighted by atomic mass is 10.2. The summed E-state index contributed by atoms with van der Waals surface area (Å²) >= 11 is 1.67. The third-order valence-electron chi connectivity index (χ3n) is 3.49. The monoisotopic (exact) mass is 356 g/mol. The third-order valence-corrected chi connectivity index (χ3v) is 4.43. The Hall–Kier alpha value is -1.57. The fourth-order valence-corrected chi connectivity index (χ4v) is 3.36. The first-order chi connectivity index (χ1) is 10.5. The van der Waals surface area contributed by atoms with Crippen LogP contribution in [0.5, 0.6) is 0 Å². The van der Waals surface area contributed by atoms with Crippen molar-refractivity contribution in [3.63, 3.8) is 0 Å². The molecule has 0 aliphatic carbocycles. The Kier molecular flexibility index (Phi) is 5.67. The standard InChI is InChI=1S/C15H17FN4OS.ClH/c1-9-5-10(2)20(19-9)14-4-3-11(6-12(14)16)18-15(21)13-7-22-8-17-13;/h3-6,13,17H,7-8H2,1-2H3,(H,18,21);1H. The van der Waals surface area contributed by atoms with Gasteiger partial charge in [-0.25, -0.2) is 9.07 Å². The number of aromatic nitrogens is 2. The average Bonchev–Trinajstić information content (AvgIpc) is 3.09. The normalized spacial score (nSPS) is 16.9. The van der Waals surface area contributed by atoms with Crippen LogP contribution in [0.15, 0.2) is 24.3 Å². The summed E-state index contributed by atoms with van der Waals surface area (Å²) in [4.78, 5) is 12.0. The van der Waals surface area contributed by atoms with Crippen molar-refractivity contribution in [2.75, 3.05) is 16.9 Å². The van der Waals surface area contributed by atoms with Crippen LogP contribution in [0.2, 0.25) is 0 Å². The van der Waals surface area contributed by atoms with Gasteiger partial charge in [-0.1, -0.05) is 0 Å². The second-order valence-corrected chi connectivity index (χ2v) is 6.30. The Morgan fingerprint density at radius 2 is 2.22 bits per heavy atom. The molecule has 1 saturated heterocycles. The Labute approximate surface area is 144 Å². The van der Waals surface area contributed by atoms with Crippen LogP contribution < -0.4 is 10.6 Å². The molecular weight excluding hydrogens is 339 g/mol. The molecule has 3 rings (SSSR count). The molecule has 1 atom stereocenters. The van der Waals surface area contributed by atoms with Crippen LogP contribution in [0.1, 0.15) is 11.4 Å². The largest absolute Gasteiger partial charge is 0.325 e. The summed E-state index contributed by atoms with van der Waals surface area (Å²) in [6.07, 6.45) is 0. The van der Waals surface area contributed by atoms with E-state index in [1.807, 2.05) is 19.9 Å². The van der Waals surface area contributed by atoms with Crippen molar-refractivity contribution in [2.24, 2.45) is 0 Å². The predicted molar refractivity (Wildman–Crippen MR) is 93.1 cm³/mol. The molecule has 0 saturated carbocycles. The molecule has 0 bridgehead atoms. The number of carbonyl (C=O) groups is 1. The number of aryl methyl sites for hydroxylation is 2. The van der Waals surface area contributed by atoms with Crippen molar-refractivity contribution in [3.8, 4) is 5.69 Å². The fraction of sp³-hybridized carbons (Fsp3) is 0.333. The molecule has 1 aliphatic rings. The van der Waals surface area contributed by atoms with Crippen LogP contribution in [0.3, 0.4) is 0 Å². The van der Waals surface area contributed by atoms with Gasteiger partial charge >= 0.3 is 0 Å². The van der Waals surface area contributed by atoms with E-state index in [-0.39, 0.29) is 24.4 Å². The summed E-state index contributed by atoms with van der Waals surface area (Å²) in [6.45, 7) is 3.74. The molecule has 1 amide bonds. The Morgan fingerprint density at radius 1 is 1.43 bits per heavy atom. The van der Waals surface area contributed by atoms with Crippen molar-refractivity contribution in [2.45, 2.75) is 19.9 Å². The number of halogens is 2. The van der Waals surface area contributed by atoms with E-state index < -0.39 is 5.82 Å². The van der Waals surface area contributed by atoms with E-state index in [1.165, 1.54) is 6.07 Å². The van der Waals surface area contributed by atoms with E-state index in [1.54, 1.807) is 28.6 Å². The fourth-order valence-electron chi connectivity index (χ4n) is 2.42. The first kappa shape index (κ1) is 17.8. The molecule has 2 N–H and O–H groups in total. The van der Waals surface area contributed by atoms with E-state index in [0.29, 0.717) is 11.4 Å². The topological polar surface area (TPSA) is 59.0 Å². The maximum Gasteiger partial charge on any atom is 0.242 e. The minimum absolute atomic E-state index is 0. The molecule has 2 aromatic rings. The lowest BCUT2D eigenvalue weighted by Crippen LogP contribution is -2.37. The van der Waals surface area contributed by atoms with Crippen molar-refractivity contribution in [3.05, 3.63) is 41.5 Å². The summed E-state index contributed by atoms with van der Waals surface area (Å²) in [7, 11) is 0. The van der Waals surface area contributed by atoms with E-state index in [4.69, 9.17) is 0 Å². The summed E-state index contributed by atoms with van der Waals surface area (Å²) in [5.74, 6) is 0.947. The van der Waals surface area contributed by atoms with Crippen LogP contribution in [0.25, 0.3) is 5.69 Å². The number of anilines is 1. The molecule has 1 fully saturated rings. The molecule has 8 heteroatoms. The molecule has 5 nitrogen and oxygen atoms in total. The van der Waals surface area contributed by atoms with E-state index in [0.717, 1.165) is 23.0 Å². The minimum atomic E-state index is -0.419. The molecule has 23 heavy (non-hydrogen) atoms. The summed E-state index contributed by atoms with van der Waals surface area (Å²) < 4.78 is 15.9. The zero-order valence-corrected chi connectivity index (χ0v) is 14.4. The van der Waals surface area contributed by atoms with Gasteiger partial charge in [0, 0.05) is 23.0 Å². The van der Waals surface area contributed by atoms with Crippen LogP contribution in [-0.4, -0.2) is 33.4 Å². The number of nitrogens with one attached hydrogen (secondary N) is 2. The van der Waals surface area contributed by atoms with Crippen molar-refractivity contribution in [1.82, 2.24) is 15.1 Å². The Balaban J connectivity index is 0.00000192. The lowest BCUT2D eigenvalue weighted by Gasteiger charge is -2.12. The minimum Gasteiger partial charge on any atom is -0.325 e. The van der Waals surface area contributed by atoms with Gasteiger partial charge in [0.25, 0.3) is 0 Å². The second kappa shape index (κ2) is 7.33. The molecule has 1 unspecified atom stereocenters. The van der Waals surface area contributed by atoms with Crippen LogP contribution >= 0.6 is 24.2 Å². The highest BCUT2D eigenvalue weighted by atomic mass is 35.5. The van der Waals surface area contributed by atoms with Gasteiger partial charge in [-0.2, -0.15) is 5.10 Å². The Bertz CT molecular complexity index is 715. The molecular formula is C15H18ClFN4OS. The van der Waals surface area contributed by atoms with Gasteiger partial charge in [0.05, 0.1) is 11.7 Å². The highest BCUT2D eigenvalue weighted by Crippen LogP contribution is 2.20. The lowest BCUT2D eigenvalue weighted by molar-refractivity contribution is -0.117. The van der Waals surface area contributed by atoms with Crippen LogP contribution in [-0.2, 0) is 4.79 Å². The number of benzene rings is 1. The number of rotatable bonds is 3. The van der Waals surface area contributed by atoms with Gasteiger partial charge in [-0.3, -0.25) is 10.1 Å². The predicted octanol–water partition coefficient (Wildman–Crippen LogP) is 2.65. The number of hydrogen-bond donors (Lipinski definition) is 2. The van der Waals surface area contributed by atoms with Gasteiger partial charge in [0.15, 0.2) is 5.82 Å². The van der Waals surface area contributed by atoms with Crippen molar-refractivity contribution >= 4 is 35.8 Å². The maximum absolute atomic E-state index is 14.3. The van der Waals surface area contributed by atoms with Gasteiger partial charge in [-0.05, 0) is 38.1 Å². The first-order valence-electron chi connectivity index (χ1n) is 7.00. The van der Waals surface area contributed by atoms with Gasteiger partial charge in [-0.15, -0.1) is 24.2 Å². The van der Waals surface area contributed by atoms with E-state index in [9.17, 15) is 9.18 Å². The number of amides is 1. The van der Waals surface area contributed by atoms with E-state index >= 15 is 0 Å². The SMILES string of the molecule is Cc1cc(C)n(-c2ccc(NC(=O)C3CSCN3)cc2F)n1.Cl. The molecule has 124 valence electrons. The average molecular weight is 357 g/mol. The first-order valence-corrected chi connectivity index (χ1v) is 8.15. The summed E-state index contributed by atoms with van der Waals surface area (Å²) in [6, 6.07) is 6.31. The van der Waals surface area contributed by atoms with E-state index in [2.05, 4.69) is 15.7 Å². The summed E-state index contributed by atoms with van der Waals surface area (Å²) in [5, 5.41) is 10.1. The number of thioether (sulfide) groups is 1. The van der Waals surface area contributed by atoms with Gasteiger partial charge in [0.2, 0.25) is 5.91 Å².